The molecule has 0 spiro atoms. The van der Waals surface area contributed by atoms with Gasteiger partial charge in [0.1, 0.15) is 0 Å². The van der Waals surface area contributed by atoms with Crippen LogP contribution in [-0.2, 0) is 6.42 Å². The fourth-order valence-electron chi connectivity index (χ4n) is 2.29. The molecule has 0 aliphatic carbocycles. The highest BCUT2D eigenvalue weighted by molar-refractivity contribution is 5.50. The SMILES string of the molecule is CCCC1CN(c2ccc(CC#N)cc2)C1. The van der Waals surface area contributed by atoms with E-state index >= 15 is 0 Å². The quantitative estimate of drug-likeness (QED) is 0.770. The standard InChI is InChI=1S/C14H18N2/c1-2-3-13-10-16(11-13)14-6-4-12(5-7-14)8-9-15/h4-7,13H,2-3,8,10-11H2,1H3. The fraction of sp³-hybridized carbons (Fsp3) is 0.500. The molecular weight excluding hydrogens is 196 g/mol. The normalized spacial score (nSPS) is 15.6. The summed E-state index contributed by atoms with van der Waals surface area (Å²) in [6.07, 6.45) is 3.15. The Labute approximate surface area is 97.5 Å². The van der Waals surface area contributed by atoms with Gasteiger partial charge >= 0.3 is 0 Å². The third-order valence-electron chi connectivity index (χ3n) is 3.24. The van der Waals surface area contributed by atoms with Crippen molar-refractivity contribution < 1.29 is 0 Å². The summed E-state index contributed by atoms with van der Waals surface area (Å²) in [5.74, 6) is 0.892. The molecule has 0 amide bonds. The summed E-state index contributed by atoms with van der Waals surface area (Å²) in [7, 11) is 0. The minimum absolute atomic E-state index is 0.513. The molecule has 0 saturated carbocycles. The first-order valence-electron chi connectivity index (χ1n) is 6.04. The van der Waals surface area contributed by atoms with E-state index < -0.39 is 0 Å². The molecule has 0 radical (unpaired) electrons. The molecule has 2 nitrogen and oxygen atoms in total. The number of hydrogen-bond donors (Lipinski definition) is 0. The summed E-state index contributed by atoms with van der Waals surface area (Å²) in [4.78, 5) is 2.41. The molecule has 0 N–H and O–H groups in total. The Morgan fingerprint density at radius 3 is 2.56 bits per heavy atom. The minimum Gasteiger partial charge on any atom is -0.371 e. The van der Waals surface area contributed by atoms with E-state index in [1.54, 1.807) is 0 Å². The van der Waals surface area contributed by atoms with Crippen LogP contribution in [0.2, 0.25) is 0 Å². The Balaban J connectivity index is 1.90. The Kier molecular flexibility index (Phi) is 3.46. The van der Waals surface area contributed by atoms with Crippen molar-refractivity contribution in [2.24, 2.45) is 5.92 Å². The number of benzene rings is 1. The summed E-state index contributed by atoms with van der Waals surface area (Å²) in [5.41, 5.74) is 2.41. The van der Waals surface area contributed by atoms with Crippen LogP contribution in [0, 0.1) is 17.2 Å². The topological polar surface area (TPSA) is 27.0 Å². The van der Waals surface area contributed by atoms with Gasteiger partial charge in [0.25, 0.3) is 0 Å². The monoisotopic (exact) mass is 214 g/mol. The van der Waals surface area contributed by atoms with Crippen molar-refractivity contribution in [3.63, 3.8) is 0 Å². The predicted molar refractivity (Wildman–Crippen MR) is 66.4 cm³/mol. The van der Waals surface area contributed by atoms with Gasteiger partial charge in [-0.25, -0.2) is 0 Å². The highest BCUT2D eigenvalue weighted by Crippen LogP contribution is 2.27. The molecule has 0 aromatic heterocycles. The van der Waals surface area contributed by atoms with Crippen molar-refractivity contribution in [3.05, 3.63) is 29.8 Å². The van der Waals surface area contributed by atoms with E-state index in [1.165, 1.54) is 31.6 Å². The molecule has 0 bridgehead atoms. The molecule has 1 aliphatic heterocycles. The highest BCUT2D eigenvalue weighted by atomic mass is 15.2. The Morgan fingerprint density at radius 2 is 2.00 bits per heavy atom. The Hall–Kier alpha value is -1.49. The van der Waals surface area contributed by atoms with Crippen molar-refractivity contribution in [3.8, 4) is 6.07 Å². The zero-order valence-electron chi connectivity index (χ0n) is 9.82. The summed E-state index contributed by atoms with van der Waals surface area (Å²) >= 11 is 0. The molecular formula is C14H18N2. The van der Waals surface area contributed by atoms with Crippen LogP contribution in [0.25, 0.3) is 0 Å². The van der Waals surface area contributed by atoms with Crippen molar-refractivity contribution in [1.29, 1.82) is 5.26 Å². The number of nitrogens with zero attached hydrogens (tertiary/aromatic N) is 2. The largest absolute Gasteiger partial charge is 0.371 e. The molecule has 1 fully saturated rings. The summed E-state index contributed by atoms with van der Waals surface area (Å²) in [6.45, 7) is 4.65. The maximum absolute atomic E-state index is 8.59. The van der Waals surface area contributed by atoms with Crippen molar-refractivity contribution in [2.45, 2.75) is 26.2 Å². The predicted octanol–water partition coefficient (Wildman–Crippen LogP) is 2.99. The second kappa shape index (κ2) is 5.03. The van der Waals surface area contributed by atoms with Crippen molar-refractivity contribution >= 4 is 5.69 Å². The Bertz CT molecular complexity index is 369. The van der Waals surface area contributed by atoms with E-state index in [9.17, 15) is 0 Å². The molecule has 84 valence electrons. The molecule has 1 aliphatic rings. The minimum atomic E-state index is 0.513. The molecule has 1 aromatic carbocycles. The molecule has 0 atom stereocenters. The lowest BCUT2D eigenvalue weighted by atomic mass is 9.94. The van der Waals surface area contributed by atoms with Crippen LogP contribution in [0.5, 0.6) is 0 Å². The fourth-order valence-corrected chi connectivity index (χ4v) is 2.29. The van der Waals surface area contributed by atoms with E-state index in [4.69, 9.17) is 5.26 Å². The maximum Gasteiger partial charge on any atom is 0.0669 e. The van der Waals surface area contributed by atoms with E-state index in [0.717, 1.165) is 11.5 Å². The van der Waals surface area contributed by atoms with Gasteiger partial charge in [-0.15, -0.1) is 0 Å². The van der Waals surface area contributed by atoms with E-state index in [0.29, 0.717) is 6.42 Å². The first-order valence-corrected chi connectivity index (χ1v) is 6.04. The maximum atomic E-state index is 8.59. The van der Waals surface area contributed by atoms with Crippen LogP contribution >= 0.6 is 0 Å². The van der Waals surface area contributed by atoms with Crippen molar-refractivity contribution in [1.82, 2.24) is 0 Å². The van der Waals surface area contributed by atoms with Crippen LogP contribution in [0.4, 0.5) is 5.69 Å². The molecule has 0 unspecified atom stereocenters. The lowest BCUT2D eigenvalue weighted by Gasteiger charge is -2.41. The van der Waals surface area contributed by atoms with Gasteiger partial charge in [0, 0.05) is 18.8 Å². The van der Waals surface area contributed by atoms with Crippen LogP contribution < -0.4 is 4.90 Å². The summed E-state index contributed by atoms with van der Waals surface area (Å²) in [6, 6.07) is 10.6. The van der Waals surface area contributed by atoms with E-state index in [1.807, 2.05) is 0 Å². The van der Waals surface area contributed by atoms with Gasteiger partial charge in [-0.2, -0.15) is 5.26 Å². The van der Waals surface area contributed by atoms with Gasteiger partial charge in [-0.1, -0.05) is 25.5 Å². The molecule has 2 heteroatoms. The molecule has 1 saturated heterocycles. The summed E-state index contributed by atoms with van der Waals surface area (Å²) < 4.78 is 0. The second-order valence-corrected chi connectivity index (χ2v) is 4.56. The molecule has 1 heterocycles. The first kappa shape index (κ1) is 11.0. The van der Waals surface area contributed by atoms with Gasteiger partial charge < -0.3 is 4.90 Å². The zero-order valence-corrected chi connectivity index (χ0v) is 9.82. The molecule has 16 heavy (non-hydrogen) atoms. The molecule has 2 rings (SSSR count). The van der Waals surface area contributed by atoms with Gasteiger partial charge in [-0.05, 0) is 30.0 Å². The second-order valence-electron chi connectivity index (χ2n) is 4.56. The van der Waals surface area contributed by atoms with Gasteiger partial charge in [0.15, 0.2) is 0 Å². The van der Waals surface area contributed by atoms with E-state index in [2.05, 4.69) is 42.2 Å². The average Bonchev–Trinajstić information content (AvgIpc) is 2.25. The van der Waals surface area contributed by atoms with Gasteiger partial charge in [0.05, 0.1) is 12.5 Å². The van der Waals surface area contributed by atoms with Crippen LogP contribution in [0.15, 0.2) is 24.3 Å². The number of rotatable bonds is 4. The lowest BCUT2D eigenvalue weighted by molar-refractivity contribution is 0.381. The average molecular weight is 214 g/mol. The van der Waals surface area contributed by atoms with Crippen LogP contribution in [0.3, 0.4) is 0 Å². The lowest BCUT2D eigenvalue weighted by Crippen LogP contribution is -2.46. The van der Waals surface area contributed by atoms with Crippen LogP contribution in [0.1, 0.15) is 25.3 Å². The van der Waals surface area contributed by atoms with Crippen LogP contribution in [-0.4, -0.2) is 13.1 Å². The smallest absolute Gasteiger partial charge is 0.0669 e. The van der Waals surface area contributed by atoms with Gasteiger partial charge in [-0.3, -0.25) is 0 Å². The third-order valence-corrected chi connectivity index (χ3v) is 3.24. The first-order chi connectivity index (χ1) is 7.83. The number of nitriles is 1. The third kappa shape index (κ3) is 2.36. The number of hydrogen-bond acceptors (Lipinski definition) is 2. The Morgan fingerprint density at radius 1 is 1.31 bits per heavy atom. The number of anilines is 1. The molecule has 1 aromatic rings. The van der Waals surface area contributed by atoms with E-state index in [-0.39, 0.29) is 0 Å². The van der Waals surface area contributed by atoms with Crippen molar-refractivity contribution in [2.75, 3.05) is 18.0 Å². The summed E-state index contributed by atoms with van der Waals surface area (Å²) in [5, 5.41) is 8.59. The van der Waals surface area contributed by atoms with Gasteiger partial charge in [0.2, 0.25) is 0 Å². The highest BCUT2D eigenvalue weighted by Gasteiger charge is 2.25. The zero-order chi connectivity index (χ0) is 11.4.